The van der Waals surface area contributed by atoms with E-state index in [1.807, 2.05) is 0 Å². The second-order valence-corrected chi connectivity index (χ2v) is 11.7. The normalized spacial score (nSPS) is 14.7. The maximum Gasteiger partial charge on any atom is 0.324 e. The molecule has 206 valence electrons. The van der Waals surface area contributed by atoms with Gasteiger partial charge in [-0.25, -0.2) is 0 Å². The number of nitrogens with two attached hydrogens (primary N) is 2. The molecule has 0 spiro atoms. The van der Waals surface area contributed by atoms with Crippen LogP contribution in [0.15, 0.2) is 0 Å². The minimum Gasteiger partial charge on any atom is -0.468 e. The molecule has 0 heterocycles. The molecule has 0 amide bonds. The number of carbonyl (C=O) groups is 3. The molecule has 35 heavy (non-hydrogen) atoms. The first-order valence-electron chi connectivity index (χ1n) is 13.3. The van der Waals surface area contributed by atoms with Gasteiger partial charge in [-0.3, -0.25) is 14.4 Å². The predicted octanol–water partition coefficient (Wildman–Crippen LogP) is 5.42. The number of ketones is 1. The summed E-state index contributed by atoms with van der Waals surface area (Å²) in [6.45, 7) is 4.40. The summed E-state index contributed by atoms with van der Waals surface area (Å²) in [5, 5.41) is -0.748. The zero-order chi connectivity index (χ0) is 26.5. The molecular weight excluding hydrogens is 484 g/mol. The Labute approximate surface area is 221 Å². The first-order chi connectivity index (χ1) is 16.8. The maximum atomic E-state index is 13.7. The average molecular weight is 535 g/mol. The van der Waals surface area contributed by atoms with Crippen molar-refractivity contribution in [3.63, 3.8) is 0 Å². The van der Waals surface area contributed by atoms with Gasteiger partial charge in [-0.05, 0) is 12.8 Å². The maximum absolute atomic E-state index is 13.7. The van der Waals surface area contributed by atoms with E-state index in [9.17, 15) is 14.4 Å². The molecule has 0 saturated carbocycles. The van der Waals surface area contributed by atoms with E-state index < -0.39 is 29.3 Å². The van der Waals surface area contributed by atoms with Gasteiger partial charge >= 0.3 is 11.9 Å². The number of hydrogen-bond acceptors (Lipinski definition) is 9. The lowest BCUT2D eigenvalue weighted by molar-refractivity contribution is -0.143. The largest absolute Gasteiger partial charge is 0.468 e. The number of ether oxygens (including phenoxy) is 2. The monoisotopic (exact) mass is 534 g/mol. The lowest BCUT2D eigenvalue weighted by Gasteiger charge is -2.25. The molecule has 0 bridgehead atoms. The minimum absolute atomic E-state index is 0.00788. The molecule has 0 fully saturated rings. The van der Waals surface area contributed by atoms with Crippen LogP contribution in [0.4, 0.5) is 0 Å². The Bertz CT molecular complexity index is 580. The summed E-state index contributed by atoms with van der Waals surface area (Å²) < 4.78 is 9.50. The summed E-state index contributed by atoms with van der Waals surface area (Å²) in [5.41, 5.74) is 12.0. The summed E-state index contributed by atoms with van der Waals surface area (Å²) in [7, 11) is 5.05. The zero-order valence-corrected chi connectivity index (χ0v) is 24.1. The quantitative estimate of drug-likeness (QED) is 0.100. The van der Waals surface area contributed by atoms with Crippen LogP contribution in [0.2, 0.25) is 0 Å². The fourth-order valence-electron chi connectivity index (χ4n) is 3.95. The third-order valence-corrected chi connectivity index (χ3v) is 9.02. The molecule has 0 aliphatic heterocycles. The van der Waals surface area contributed by atoms with Gasteiger partial charge in [-0.15, -0.1) is 0 Å². The minimum atomic E-state index is -1.06. The van der Waals surface area contributed by atoms with Crippen LogP contribution in [0.3, 0.4) is 0 Å². The topological polar surface area (TPSA) is 122 Å². The molecule has 0 radical (unpaired) electrons. The Morgan fingerprint density at radius 2 is 1.17 bits per heavy atom. The number of Topliss-reactive ketones (excluding diaryl/α,β-unsaturated/α-hetero) is 1. The van der Waals surface area contributed by atoms with Gasteiger partial charge in [-0.2, -0.15) is 0 Å². The molecule has 0 aliphatic carbocycles. The van der Waals surface area contributed by atoms with E-state index in [0.717, 1.165) is 38.5 Å². The third kappa shape index (κ3) is 15.8. The molecule has 0 aromatic rings. The van der Waals surface area contributed by atoms with Crippen molar-refractivity contribution in [1.82, 2.24) is 0 Å². The smallest absolute Gasteiger partial charge is 0.324 e. The van der Waals surface area contributed by atoms with Gasteiger partial charge in [0.2, 0.25) is 0 Å². The average Bonchev–Trinajstić information content (AvgIpc) is 2.87. The highest BCUT2D eigenvalue weighted by atomic mass is 33.1. The van der Waals surface area contributed by atoms with E-state index in [0.29, 0.717) is 0 Å². The van der Waals surface area contributed by atoms with E-state index in [4.69, 9.17) is 16.2 Å². The molecular formula is C26H50N2O5S2. The zero-order valence-electron chi connectivity index (χ0n) is 22.4. The first kappa shape index (κ1) is 34.2. The number of hydrogen-bond donors (Lipinski definition) is 2. The van der Waals surface area contributed by atoms with E-state index in [1.165, 1.54) is 87.2 Å². The molecule has 0 aliphatic rings. The Balaban J connectivity index is 5.17. The molecule has 0 rings (SSSR count). The standard InChI is InChI=1S/C26H50N2O5S2/c1-5-7-9-11-12-14-16-18-20(17-15-13-10-8-6-2)23(29)24(22(28)26(31)33-4)35-34-19-21(27)25(30)32-3/h20-22,24H,5-19,27-28H2,1-4H3/t20?,21-,22-,24?/m0/s1. The predicted molar refractivity (Wildman–Crippen MR) is 148 cm³/mol. The van der Waals surface area contributed by atoms with Crippen LogP contribution < -0.4 is 11.5 Å². The van der Waals surface area contributed by atoms with Gasteiger partial charge < -0.3 is 20.9 Å². The molecule has 2 unspecified atom stereocenters. The Hall–Kier alpha value is -0.770. The van der Waals surface area contributed by atoms with Crippen LogP contribution in [0.5, 0.6) is 0 Å². The van der Waals surface area contributed by atoms with Crippen LogP contribution in [0.25, 0.3) is 0 Å². The van der Waals surface area contributed by atoms with Gasteiger partial charge in [0.1, 0.15) is 12.1 Å². The third-order valence-electron chi connectivity index (χ3n) is 6.22. The highest BCUT2D eigenvalue weighted by Gasteiger charge is 2.36. The number of carbonyl (C=O) groups excluding carboxylic acids is 3. The van der Waals surface area contributed by atoms with Crippen molar-refractivity contribution in [1.29, 1.82) is 0 Å². The fourth-order valence-corrected chi connectivity index (χ4v) is 6.74. The van der Waals surface area contributed by atoms with E-state index in [-0.39, 0.29) is 17.5 Å². The first-order valence-corrected chi connectivity index (χ1v) is 15.7. The number of methoxy groups -OCH3 is 2. The van der Waals surface area contributed by atoms with Crippen molar-refractivity contribution in [2.24, 2.45) is 17.4 Å². The van der Waals surface area contributed by atoms with Crippen molar-refractivity contribution in [3.8, 4) is 0 Å². The Morgan fingerprint density at radius 3 is 1.63 bits per heavy atom. The number of rotatable bonds is 23. The molecule has 4 N–H and O–H groups in total. The SMILES string of the molecule is CCCCCCCCCC(CCCCCCC)C(=O)C(SSC[C@H](N)C(=O)OC)[C@H](N)C(=O)OC. The van der Waals surface area contributed by atoms with Gasteiger partial charge in [0.05, 0.1) is 19.5 Å². The molecule has 0 aromatic heterocycles. The molecule has 0 aromatic carbocycles. The van der Waals surface area contributed by atoms with Crippen LogP contribution in [-0.2, 0) is 23.9 Å². The molecule has 9 heteroatoms. The summed E-state index contributed by atoms with van der Waals surface area (Å²) in [5.74, 6) is -0.980. The van der Waals surface area contributed by atoms with E-state index in [1.54, 1.807) is 0 Å². The van der Waals surface area contributed by atoms with E-state index in [2.05, 4.69) is 18.6 Å². The summed E-state index contributed by atoms with van der Waals surface area (Å²) in [6.07, 6.45) is 15.6. The van der Waals surface area contributed by atoms with Crippen LogP contribution >= 0.6 is 21.6 Å². The Kier molecular flexibility index (Phi) is 21.9. The van der Waals surface area contributed by atoms with Crippen molar-refractivity contribution in [2.75, 3.05) is 20.0 Å². The number of unbranched alkanes of at least 4 members (excludes halogenated alkanes) is 10. The van der Waals surface area contributed by atoms with Gasteiger partial charge in [0.25, 0.3) is 0 Å². The van der Waals surface area contributed by atoms with Crippen LogP contribution in [-0.4, -0.2) is 55.0 Å². The van der Waals surface area contributed by atoms with Crippen molar-refractivity contribution < 1.29 is 23.9 Å². The summed E-state index contributed by atoms with van der Waals surface area (Å²) in [6, 6.07) is -1.86. The lowest BCUT2D eigenvalue weighted by Crippen LogP contribution is -2.47. The van der Waals surface area contributed by atoms with Crippen molar-refractivity contribution >= 4 is 39.3 Å². The van der Waals surface area contributed by atoms with Gasteiger partial charge in [0.15, 0.2) is 5.78 Å². The second kappa shape index (κ2) is 22.4. The van der Waals surface area contributed by atoms with Crippen LogP contribution in [0.1, 0.15) is 104 Å². The van der Waals surface area contributed by atoms with Gasteiger partial charge in [-0.1, -0.05) is 112 Å². The summed E-state index contributed by atoms with van der Waals surface area (Å²) >= 11 is 0. The van der Waals surface area contributed by atoms with Gasteiger partial charge in [0, 0.05) is 11.7 Å². The highest BCUT2D eigenvalue weighted by Crippen LogP contribution is 2.34. The van der Waals surface area contributed by atoms with Crippen molar-refractivity contribution in [2.45, 2.75) is 121 Å². The Morgan fingerprint density at radius 1 is 0.714 bits per heavy atom. The van der Waals surface area contributed by atoms with E-state index >= 15 is 0 Å². The fraction of sp³-hybridized carbons (Fsp3) is 0.885. The second-order valence-electron chi connectivity index (χ2n) is 9.19. The van der Waals surface area contributed by atoms with Crippen LogP contribution in [0, 0.1) is 5.92 Å². The number of esters is 2. The lowest BCUT2D eigenvalue weighted by atomic mass is 9.87. The highest BCUT2D eigenvalue weighted by molar-refractivity contribution is 8.77. The van der Waals surface area contributed by atoms with Crippen molar-refractivity contribution in [3.05, 3.63) is 0 Å². The molecule has 4 atom stereocenters. The molecule has 0 saturated heterocycles. The molecule has 7 nitrogen and oxygen atoms in total. The summed E-state index contributed by atoms with van der Waals surface area (Å²) in [4.78, 5) is 37.5.